The smallest absolute Gasteiger partial charge is 0.124 e. The molecule has 0 heterocycles. The zero-order valence-corrected chi connectivity index (χ0v) is 14.6. The van der Waals surface area contributed by atoms with E-state index >= 15 is 0 Å². The zero-order valence-electron chi connectivity index (χ0n) is 14.6. The van der Waals surface area contributed by atoms with Crippen LogP contribution in [0.2, 0.25) is 0 Å². The van der Waals surface area contributed by atoms with E-state index in [4.69, 9.17) is 9.47 Å². The van der Waals surface area contributed by atoms with Crippen molar-refractivity contribution in [2.45, 2.75) is 0 Å². The number of aromatic hydroxyl groups is 1. The number of hydrogen-bond acceptors (Lipinski definition) is 5. The summed E-state index contributed by atoms with van der Waals surface area (Å²) in [5.74, 6) is 1.80. The molecule has 0 spiro atoms. The van der Waals surface area contributed by atoms with E-state index < -0.39 is 0 Å². The van der Waals surface area contributed by atoms with Crippen LogP contribution in [0.15, 0.2) is 42.5 Å². The van der Waals surface area contributed by atoms with Crippen LogP contribution < -0.4 is 20.1 Å². The molecule has 0 aliphatic heterocycles. The molecule has 0 saturated carbocycles. The number of ether oxygens (including phenoxy) is 2. The molecule has 3 aromatic carbocycles. The van der Waals surface area contributed by atoms with Crippen molar-refractivity contribution in [1.29, 1.82) is 0 Å². The first-order valence-electron chi connectivity index (χ1n) is 8.47. The van der Waals surface area contributed by atoms with Crippen LogP contribution in [0.25, 0.3) is 21.5 Å². The molecule has 3 N–H and O–H groups in total. The van der Waals surface area contributed by atoms with Crippen molar-refractivity contribution >= 4 is 21.5 Å². The van der Waals surface area contributed by atoms with Gasteiger partial charge in [-0.25, -0.2) is 0 Å². The maximum Gasteiger partial charge on any atom is 0.124 e. The Morgan fingerprint density at radius 2 is 1.36 bits per heavy atom. The van der Waals surface area contributed by atoms with E-state index in [1.807, 2.05) is 50.5 Å². The van der Waals surface area contributed by atoms with Crippen LogP contribution in [0.1, 0.15) is 0 Å². The monoisotopic (exact) mass is 340 g/mol. The quantitative estimate of drug-likeness (QED) is 0.435. The van der Waals surface area contributed by atoms with Crippen LogP contribution >= 0.6 is 0 Å². The molecular formula is C20H24N2O3. The van der Waals surface area contributed by atoms with Gasteiger partial charge in [0.1, 0.15) is 30.5 Å². The Morgan fingerprint density at radius 1 is 0.760 bits per heavy atom. The van der Waals surface area contributed by atoms with Crippen molar-refractivity contribution < 1.29 is 14.6 Å². The van der Waals surface area contributed by atoms with Crippen LogP contribution in [0, 0.1) is 0 Å². The molecular weight excluding hydrogens is 316 g/mol. The number of hydrogen-bond donors (Lipinski definition) is 3. The summed E-state index contributed by atoms with van der Waals surface area (Å²) < 4.78 is 11.4. The molecule has 0 radical (unpaired) electrons. The largest absolute Gasteiger partial charge is 0.507 e. The molecule has 0 aliphatic carbocycles. The van der Waals surface area contributed by atoms with Gasteiger partial charge in [-0.1, -0.05) is 6.07 Å². The minimum atomic E-state index is 0.244. The molecule has 5 nitrogen and oxygen atoms in total. The van der Waals surface area contributed by atoms with E-state index in [-0.39, 0.29) is 5.75 Å². The molecule has 0 aliphatic rings. The van der Waals surface area contributed by atoms with Crippen LogP contribution in [0.4, 0.5) is 0 Å². The van der Waals surface area contributed by atoms with Crippen LogP contribution in [-0.2, 0) is 0 Å². The van der Waals surface area contributed by atoms with Gasteiger partial charge in [0.25, 0.3) is 0 Å². The number of fused-ring (bicyclic) bond motifs is 3. The second-order valence-electron chi connectivity index (χ2n) is 5.89. The summed E-state index contributed by atoms with van der Waals surface area (Å²) in [5, 5.41) is 20.4. The van der Waals surface area contributed by atoms with E-state index in [0.717, 1.165) is 46.1 Å². The summed E-state index contributed by atoms with van der Waals surface area (Å²) in [6.45, 7) is 2.76. The Labute approximate surface area is 147 Å². The number of benzene rings is 3. The summed E-state index contributed by atoms with van der Waals surface area (Å²) in [4.78, 5) is 0. The van der Waals surface area contributed by atoms with Crippen LogP contribution in [0.5, 0.6) is 17.2 Å². The van der Waals surface area contributed by atoms with Gasteiger partial charge in [0.15, 0.2) is 0 Å². The van der Waals surface area contributed by atoms with E-state index in [0.29, 0.717) is 13.2 Å². The average molecular weight is 340 g/mol. The lowest BCUT2D eigenvalue weighted by atomic mass is 10.0. The maximum atomic E-state index is 10.5. The normalized spacial score (nSPS) is 11.1. The van der Waals surface area contributed by atoms with Crippen molar-refractivity contribution in [3.63, 3.8) is 0 Å². The Hall–Kier alpha value is -2.50. The number of phenolic OH excluding ortho intramolecular Hbond substituents is 1. The predicted octanol–water partition coefficient (Wildman–Crippen LogP) is 2.90. The van der Waals surface area contributed by atoms with Crippen molar-refractivity contribution in [3.05, 3.63) is 42.5 Å². The van der Waals surface area contributed by atoms with E-state index in [2.05, 4.69) is 10.6 Å². The SMILES string of the molecule is CNCCOc1ccc2c(c1)cc(O)c1cc(OCCNC)ccc12. The molecule has 5 heteroatoms. The van der Waals surface area contributed by atoms with E-state index in [1.54, 1.807) is 6.07 Å². The number of likely N-dealkylation sites (N-methyl/N-ethyl adjacent to an activating group) is 2. The van der Waals surface area contributed by atoms with Gasteiger partial charge in [-0.3, -0.25) is 0 Å². The third kappa shape index (κ3) is 3.95. The fraction of sp³-hybridized carbons (Fsp3) is 0.300. The summed E-state index contributed by atoms with van der Waals surface area (Å²) >= 11 is 0. The lowest BCUT2D eigenvalue weighted by Gasteiger charge is -2.12. The van der Waals surface area contributed by atoms with E-state index in [1.165, 1.54) is 0 Å². The summed E-state index contributed by atoms with van der Waals surface area (Å²) in [6.07, 6.45) is 0. The molecule has 132 valence electrons. The third-order valence-electron chi connectivity index (χ3n) is 4.11. The summed E-state index contributed by atoms with van der Waals surface area (Å²) in [5.41, 5.74) is 0. The highest BCUT2D eigenvalue weighted by Crippen LogP contribution is 2.36. The Kier molecular flexibility index (Phi) is 5.58. The maximum absolute atomic E-state index is 10.5. The number of phenols is 1. The van der Waals surface area contributed by atoms with Crippen molar-refractivity contribution in [3.8, 4) is 17.2 Å². The van der Waals surface area contributed by atoms with Crippen LogP contribution in [-0.4, -0.2) is 45.5 Å². The summed E-state index contributed by atoms with van der Waals surface area (Å²) in [6, 6.07) is 13.6. The minimum Gasteiger partial charge on any atom is -0.507 e. The Morgan fingerprint density at radius 3 is 2.00 bits per heavy atom. The molecule has 0 bridgehead atoms. The first kappa shape index (κ1) is 17.3. The predicted molar refractivity (Wildman–Crippen MR) is 102 cm³/mol. The van der Waals surface area contributed by atoms with Crippen molar-refractivity contribution in [1.82, 2.24) is 10.6 Å². The van der Waals surface area contributed by atoms with Gasteiger partial charge in [-0.15, -0.1) is 0 Å². The highest BCUT2D eigenvalue weighted by molar-refractivity contribution is 6.10. The van der Waals surface area contributed by atoms with Gasteiger partial charge in [-0.2, -0.15) is 0 Å². The van der Waals surface area contributed by atoms with Gasteiger partial charge in [0.05, 0.1) is 0 Å². The second-order valence-corrected chi connectivity index (χ2v) is 5.89. The third-order valence-corrected chi connectivity index (χ3v) is 4.11. The molecule has 0 atom stereocenters. The molecule has 3 aromatic rings. The van der Waals surface area contributed by atoms with Crippen LogP contribution in [0.3, 0.4) is 0 Å². The van der Waals surface area contributed by atoms with Gasteiger partial charge in [-0.05, 0) is 66.7 Å². The minimum absolute atomic E-state index is 0.244. The van der Waals surface area contributed by atoms with Crippen molar-refractivity contribution in [2.24, 2.45) is 0 Å². The van der Waals surface area contributed by atoms with E-state index in [9.17, 15) is 5.11 Å². The number of nitrogens with one attached hydrogen (secondary N) is 2. The molecule has 0 unspecified atom stereocenters. The molecule has 0 saturated heterocycles. The molecule has 3 rings (SSSR count). The average Bonchev–Trinajstić information content (AvgIpc) is 2.62. The van der Waals surface area contributed by atoms with Gasteiger partial charge in [0, 0.05) is 18.5 Å². The zero-order chi connectivity index (χ0) is 17.6. The highest BCUT2D eigenvalue weighted by atomic mass is 16.5. The summed E-state index contributed by atoms with van der Waals surface area (Å²) in [7, 11) is 3.78. The molecule has 0 fully saturated rings. The van der Waals surface area contributed by atoms with Gasteiger partial charge < -0.3 is 25.2 Å². The first-order valence-corrected chi connectivity index (χ1v) is 8.47. The molecule has 25 heavy (non-hydrogen) atoms. The van der Waals surface area contributed by atoms with Crippen molar-refractivity contribution in [2.75, 3.05) is 40.4 Å². The number of rotatable bonds is 8. The fourth-order valence-corrected chi connectivity index (χ4v) is 2.82. The lowest BCUT2D eigenvalue weighted by molar-refractivity contribution is 0.318. The Bertz CT molecular complexity index is 864. The topological polar surface area (TPSA) is 62.8 Å². The molecule has 0 amide bonds. The first-order chi connectivity index (χ1) is 12.2. The lowest BCUT2D eigenvalue weighted by Crippen LogP contribution is -2.15. The fourth-order valence-electron chi connectivity index (χ4n) is 2.82. The van der Waals surface area contributed by atoms with Gasteiger partial charge >= 0.3 is 0 Å². The second kappa shape index (κ2) is 8.05. The van der Waals surface area contributed by atoms with Gasteiger partial charge in [0.2, 0.25) is 0 Å². The Balaban J connectivity index is 1.94. The molecule has 0 aromatic heterocycles. The standard InChI is InChI=1S/C20H24N2O3/c1-21-7-9-24-15-3-5-17-14(11-15)12-20(23)19-13-16(4-6-18(17)19)25-10-8-22-2/h3-6,11-13,21-23H,7-10H2,1-2H3. The highest BCUT2D eigenvalue weighted by Gasteiger charge is 2.09.